The van der Waals surface area contributed by atoms with E-state index in [1.807, 2.05) is 33.0 Å². The van der Waals surface area contributed by atoms with Crippen LogP contribution in [-0.2, 0) is 6.42 Å². The molecule has 0 bridgehead atoms. The van der Waals surface area contributed by atoms with Crippen LogP contribution in [0.5, 0.6) is 11.5 Å². The topological polar surface area (TPSA) is 41.9 Å². The first kappa shape index (κ1) is 16.4. The van der Waals surface area contributed by atoms with Crippen LogP contribution in [0.25, 0.3) is 0 Å². The Kier molecular flexibility index (Phi) is 5.36. The van der Waals surface area contributed by atoms with E-state index in [1.54, 1.807) is 0 Å². The predicted octanol–water partition coefficient (Wildman–Crippen LogP) is 2.75. The number of hydrogen-bond donors (Lipinski definition) is 1. The lowest BCUT2D eigenvalue weighted by atomic mass is 10.1. The summed E-state index contributed by atoms with van der Waals surface area (Å²) in [6, 6.07) is 3.94. The molecule has 5 heteroatoms. The number of rotatable bonds is 5. The number of aliphatic hydroxyl groups is 1. The van der Waals surface area contributed by atoms with Gasteiger partial charge in [0.25, 0.3) is 0 Å². The van der Waals surface area contributed by atoms with E-state index < -0.39 is 5.60 Å². The molecule has 0 radical (unpaired) electrons. The first-order valence-electron chi connectivity index (χ1n) is 7.34. The quantitative estimate of drug-likeness (QED) is 0.907. The molecule has 0 amide bonds. The van der Waals surface area contributed by atoms with Crippen molar-refractivity contribution >= 4 is 11.6 Å². The average molecular weight is 314 g/mol. The minimum atomic E-state index is -0.683. The molecule has 0 saturated carbocycles. The van der Waals surface area contributed by atoms with Gasteiger partial charge in [-0.2, -0.15) is 0 Å². The average Bonchev–Trinajstić information content (AvgIpc) is 2.60. The van der Waals surface area contributed by atoms with Gasteiger partial charge < -0.3 is 19.5 Å². The summed E-state index contributed by atoms with van der Waals surface area (Å²) >= 11 is 6.28. The fourth-order valence-corrected chi connectivity index (χ4v) is 2.78. The summed E-state index contributed by atoms with van der Waals surface area (Å²) in [6.45, 7) is 6.40. The Morgan fingerprint density at radius 2 is 2.00 bits per heavy atom. The van der Waals surface area contributed by atoms with Crippen molar-refractivity contribution in [2.75, 3.05) is 33.4 Å². The minimum Gasteiger partial charge on any atom is -0.489 e. The molecule has 0 saturated heterocycles. The Morgan fingerprint density at radius 1 is 1.29 bits per heavy atom. The summed E-state index contributed by atoms with van der Waals surface area (Å²) in [6.07, 6.45) is 1.72. The van der Waals surface area contributed by atoms with Crippen molar-refractivity contribution in [3.63, 3.8) is 0 Å². The van der Waals surface area contributed by atoms with Gasteiger partial charge in [0.1, 0.15) is 0 Å². The van der Waals surface area contributed by atoms with Crippen molar-refractivity contribution in [3.05, 3.63) is 22.7 Å². The van der Waals surface area contributed by atoms with Gasteiger partial charge in [0, 0.05) is 19.5 Å². The molecule has 1 N–H and O–H groups in total. The first-order valence-corrected chi connectivity index (χ1v) is 7.72. The standard InChI is InChI=1S/C16H24ClNO3/c1-16(2,19)11-18(3)6-5-12-9-13(17)15-14(10-12)20-7-4-8-21-15/h9-10,19H,4-8,11H2,1-3H3. The summed E-state index contributed by atoms with van der Waals surface area (Å²) in [4.78, 5) is 2.11. The lowest BCUT2D eigenvalue weighted by Crippen LogP contribution is -2.37. The first-order chi connectivity index (χ1) is 9.85. The second-order valence-corrected chi connectivity index (χ2v) is 6.66. The fraction of sp³-hybridized carbons (Fsp3) is 0.625. The second-order valence-electron chi connectivity index (χ2n) is 6.26. The third kappa shape index (κ3) is 5.06. The molecule has 1 aliphatic heterocycles. The normalized spacial score (nSPS) is 15.1. The van der Waals surface area contributed by atoms with E-state index >= 15 is 0 Å². The molecule has 1 aromatic carbocycles. The highest BCUT2D eigenvalue weighted by molar-refractivity contribution is 6.32. The van der Waals surface area contributed by atoms with Gasteiger partial charge >= 0.3 is 0 Å². The Hall–Kier alpha value is -0.970. The highest BCUT2D eigenvalue weighted by Gasteiger charge is 2.17. The molecular formula is C16H24ClNO3. The van der Waals surface area contributed by atoms with Gasteiger partial charge in [-0.3, -0.25) is 0 Å². The maximum atomic E-state index is 9.82. The highest BCUT2D eigenvalue weighted by atomic mass is 35.5. The van der Waals surface area contributed by atoms with Crippen LogP contribution in [0.4, 0.5) is 0 Å². The Labute approximate surface area is 131 Å². The summed E-state index contributed by atoms with van der Waals surface area (Å²) in [5.41, 5.74) is 0.434. The van der Waals surface area contributed by atoms with Gasteiger partial charge in [-0.05, 0) is 45.0 Å². The molecule has 4 nitrogen and oxygen atoms in total. The summed E-state index contributed by atoms with van der Waals surface area (Å²) in [5.74, 6) is 1.39. The Balaban J connectivity index is 2.01. The third-order valence-electron chi connectivity index (χ3n) is 3.30. The van der Waals surface area contributed by atoms with Crippen LogP contribution in [0, 0.1) is 0 Å². The Morgan fingerprint density at radius 3 is 2.71 bits per heavy atom. The number of nitrogens with zero attached hydrogens (tertiary/aromatic N) is 1. The van der Waals surface area contributed by atoms with Gasteiger partial charge in [-0.25, -0.2) is 0 Å². The monoisotopic (exact) mass is 313 g/mol. The lowest BCUT2D eigenvalue weighted by molar-refractivity contribution is 0.0450. The van der Waals surface area contributed by atoms with Crippen LogP contribution in [0.3, 0.4) is 0 Å². The SMILES string of the molecule is CN(CCc1cc(Cl)c2c(c1)OCCCO2)CC(C)(C)O. The number of fused-ring (bicyclic) bond motifs is 1. The Bertz CT molecular complexity index is 485. The van der Waals surface area contributed by atoms with E-state index in [4.69, 9.17) is 21.1 Å². The van der Waals surface area contributed by atoms with Crippen molar-refractivity contribution in [1.29, 1.82) is 0 Å². The van der Waals surface area contributed by atoms with Crippen molar-refractivity contribution in [2.24, 2.45) is 0 Å². The second kappa shape index (κ2) is 6.86. The largest absolute Gasteiger partial charge is 0.489 e. The van der Waals surface area contributed by atoms with Gasteiger partial charge in [-0.1, -0.05) is 11.6 Å². The summed E-state index contributed by atoms with van der Waals surface area (Å²) in [7, 11) is 2.00. The van der Waals surface area contributed by atoms with Crippen LogP contribution in [0.1, 0.15) is 25.8 Å². The summed E-state index contributed by atoms with van der Waals surface area (Å²) in [5, 5.41) is 10.4. The van der Waals surface area contributed by atoms with Gasteiger partial charge in [0.05, 0.1) is 23.8 Å². The van der Waals surface area contributed by atoms with Crippen molar-refractivity contribution in [3.8, 4) is 11.5 Å². The number of ether oxygens (including phenoxy) is 2. The van der Waals surface area contributed by atoms with Crippen LogP contribution < -0.4 is 9.47 Å². The van der Waals surface area contributed by atoms with Crippen molar-refractivity contribution in [2.45, 2.75) is 32.3 Å². The molecule has 0 aromatic heterocycles. The van der Waals surface area contributed by atoms with Gasteiger partial charge in [0.15, 0.2) is 11.5 Å². The van der Waals surface area contributed by atoms with E-state index in [1.165, 1.54) is 0 Å². The molecule has 1 heterocycles. The zero-order chi connectivity index (χ0) is 15.5. The van der Waals surface area contributed by atoms with Crippen LogP contribution in [0.2, 0.25) is 5.02 Å². The predicted molar refractivity (Wildman–Crippen MR) is 84.6 cm³/mol. The van der Waals surface area contributed by atoms with Gasteiger partial charge in [-0.15, -0.1) is 0 Å². The van der Waals surface area contributed by atoms with Crippen molar-refractivity contribution < 1.29 is 14.6 Å². The molecule has 118 valence electrons. The molecule has 0 atom stereocenters. The highest BCUT2D eigenvalue weighted by Crippen LogP contribution is 2.38. The number of halogens is 1. The van der Waals surface area contributed by atoms with Gasteiger partial charge in [0.2, 0.25) is 0 Å². The molecule has 2 rings (SSSR count). The smallest absolute Gasteiger partial charge is 0.179 e. The molecule has 1 aromatic rings. The molecule has 0 fully saturated rings. The maximum Gasteiger partial charge on any atom is 0.179 e. The molecular weight excluding hydrogens is 290 g/mol. The minimum absolute atomic E-state index is 0.606. The third-order valence-corrected chi connectivity index (χ3v) is 3.58. The molecule has 0 aliphatic carbocycles. The van der Waals surface area contributed by atoms with Crippen molar-refractivity contribution in [1.82, 2.24) is 4.90 Å². The van der Waals surface area contributed by atoms with Crippen LogP contribution >= 0.6 is 11.6 Å². The maximum absolute atomic E-state index is 9.82. The van der Waals surface area contributed by atoms with E-state index in [9.17, 15) is 5.11 Å². The lowest BCUT2D eigenvalue weighted by Gasteiger charge is -2.25. The summed E-state index contributed by atoms with van der Waals surface area (Å²) < 4.78 is 11.3. The van der Waals surface area contributed by atoms with E-state index in [0.29, 0.717) is 30.5 Å². The van der Waals surface area contributed by atoms with E-state index in [0.717, 1.165) is 30.7 Å². The number of benzene rings is 1. The fourth-order valence-electron chi connectivity index (χ4n) is 2.49. The number of hydrogen-bond acceptors (Lipinski definition) is 4. The zero-order valence-electron chi connectivity index (χ0n) is 13.0. The molecule has 1 aliphatic rings. The number of likely N-dealkylation sites (N-methyl/N-ethyl adjacent to an activating group) is 1. The van der Waals surface area contributed by atoms with E-state index in [-0.39, 0.29) is 0 Å². The van der Waals surface area contributed by atoms with E-state index in [2.05, 4.69) is 4.90 Å². The zero-order valence-corrected chi connectivity index (χ0v) is 13.7. The molecule has 0 unspecified atom stereocenters. The molecule has 21 heavy (non-hydrogen) atoms. The molecule has 0 spiro atoms. The van der Waals surface area contributed by atoms with Crippen LogP contribution in [0.15, 0.2) is 12.1 Å². The van der Waals surface area contributed by atoms with Crippen LogP contribution in [-0.4, -0.2) is 49.0 Å².